The van der Waals surface area contributed by atoms with Crippen LogP contribution in [0.1, 0.15) is 66.9 Å². The van der Waals surface area contributed by atoms with Crippen LogP contribution in [0.3, 0.4) is 0 Å². The first-order valence-corrected chi connectivity index (χ1v) is 15.2. The van der Waals surface area contributed by atoms with Crippen LogP contribution in [0.4, 0.5) is 40.8 Å². The second-order valence-corrected chi connectivity index (χ2v) is 12.2. The van der Waals surface area contributed by atoms with Gasteiger partial charge in [0.1, 0.15) is 12.2 Å². The summed E-state index contributed by atoms with van der Waals surface area (Å²) in [7, 11) is 1.13. The van der Waals surface area contributed by atoms with E-state index in [9.17, 15) is 44.7 Å². The van der Waals surface area contributed by atoms with Gasteiger partial charge in [0.15, 0.2) is 5.65 Å². The number of carbonyl (C=O) groups is 2. The number of carbonyl (C=O) groups excluding carboxylic acids is 2. The van der Waals surface area contributed by atoms with Crippen LogP contribution in [0.25, 0.3) is 5.65 Å². The van der Waals surface area contributed by atoms with E-state index >= 15 is 0 Å². The van der Waals surface area contributed by atoms with Crippen LogP contribution < -0.4 is 15.5 Å². The molecule has 2 amide bonds. The molecule has 258 valence electrons. The van der Waals surface area contributed by atoms with Gasteiger partial charge in [0.05, 0.1) is 35.2 Å². The van der Waals surface area contributed by atoms with Crippen molar-refractivity contribution in [2.75, 3.05) is 25.0 Å². The maximum Gasteiger partial charge on any atom is 0.405 e. The maximum atomic E-state index is 14.1. The number of fused-ring (bicyclic) bond motifs is 1. The van der Waals surface area contributed by atoms with Gasteiger partial charge in [0.2, 0.25) is 11.8 Å². The molecule has 0 spiro atoms. The number of hydrogen-bond acceptors (Lipinski definition) is 6. The number of aromatic nitrogens is 5. The van der Waals surface area contributed by atoms with Gasteiger partial charge in [-0.2, -0.15) is 36.5 Å². The normalized spacial score (nSPS) is 21.4. The van der Waals surface area contributed by atoms with Crippen molar-refractivity contribution in [3.8, 4) is 0 Å². The van der Waals surface area contributed by atoms with E-state index in [2.05, 4.69) is 25.8 Å². The Kier molecular flexibility index (Phi) is 9.43. The van der Waals surface area contributed by atoms with Crippen molar-refractivity contribution in [1.29, 1.82) is 0 Å². The number of halogens is 8. The molecule has 10 nitrogen and oxygen atoms in total. The first kappa shape index (κ1) is 34.3. The maximum absolute atomic E-state index is 14.1. The smallest absolute Gasteiger partial charge is 0.364 e. The molecule has 3 aromatic heterocycles. The Bertz CT molecular complexity index is 1590. The minimum absolute atomic E-state index is 0.0491. The van der Waals surface area contributed by atoms with E-state index in [1.165, 1.54) is 33.7 Å². The van der Waals surface area contributed by atoms with Crippen molar-refractivity contribution in [2.24, 2.45) is 17.8 Å². The van der Waals surface area contributed by atoms with E-state index in [1.54, 1.807) is 6.92 Å². The number of amides is 2. The van der Waals surface area contributed by atoms with Gasteiger partial charge in [0.25, 0.3) is 5.91 Å². The molecule has 2 aliphatic rings. The van der Waals surface area contributed by atoms with Crippen LogP contribution in [-0.4, -0.2) is 74.6 Å². The summed E-state index contributed by atoms with van der Waals surface area (Å²) in [6, 6.07) is 1.88. The molecule has 2 N–H and O–H groups in total. The molecule has 2 unspecified atom stereocenters. The summed E-state index contributed by atoms with van der Waals surface area (Å²) in [5.74, 6) is -7.60. The van der Waals surface area contributed by atoms with Gasteiger partial charge in [0, 0.05) is 57.6 Å². The van der Waals surface area contributed by atoms with Crippen LogP contribution in [0.2, 0.25) is 0 Å². The van der Waals surface area contributed by atoms with Crippen molar-refractivity contribution in [2.45, 2.75) is 76.3 Å². The fraction of sp³-hybridized carbons (Fsp3) is 0.621. The van der Waals surface area contributed by atoms with Crippen molar-refractivity contribution in [3.63, 3.8) is 0 Å². The SMILES string of the molecule is CCn1nccc1C(=O)NC(c1cn2nc(CC3C[C@@H](C(F)(F)F)CNC3=O)c(N(C)CC(F)(F)F)cc2n1)C1CCC(F)(F)CC1. The fourth-order valence-corrected chi connectivity index (χ4v) is 6.33. The van der Waals surface area contributed by atoms with Crippen molar-refractivity contribution < 1.29 is 44.7 Å². The summed E-state index contributed by atoms with van der Waals surface area (Å²) in [4.78, 5) is 31.3. The predicted octanol–water partition coefficient (Wildman–Crippen LogP) is 5.10. The van der Waals surface area contributed by atoms with Crippen LogP contribution in [-0.2, 0) is 17.8 Å². The summed E-state index contributed by atoms with van der Waals surface area (Å²) in [5.41, 5.74) is 0.312. The zero-order valence-corrected chi connectivity index (χ0v) is 25.5. The first-order valence-electron chi connectivity index (χ1n) is 15.2. The van der Waals surface area contributed by atoms with Gasteiger partial charge in [-0.15, -0.1) is 0 Å². The molecule has 0 bridgehead atoms. The van der Waals surface area contributed by atoms with Gasteiger partial charge >= 0.3 is 12.4 Å². The molecule has 0 radical (unpaired) electrons. The van der Waals surface area contributed by atoms with Gasteiger partial charge in [-0.05, 0) is 38.2 Å². The summed E-state index contributed by atoms with van der Waals surface area (Å²) in [6.45, 7) is 0.140. The first-order chi connectivity index (χ1) is 21.9. The Morgan fingerprint density at radius 3 is 2.53 bits per heavy atom. The number of hydrogen-bond donors (Lipinski definition) is 2. The highest BCUT2D eigenvalue weighted by Crippen LogP contribution is 2.42. The summed E-state index contributed by atoms with van der Waals surface area (Å²) < 4.78 is 112. The summed E-state index contributed by atoms with van der Waals surface area (Å²) in [6.07, 6.45) is -8.08. The molecular formula is C29H34F8N8O2. The quantitative estimate of drug-likeness (QED) is 0.305. The van der Waals surface area contributed by atoms with Crippen molar-refractivity contribution in [3.05, 3.63) is 41.6 Å². The van der Waals surface area contributed by atoms with Crippen LogP contribution in [0.15, 0.2) is 24.5 Å². The standard InChI is InChI=1S/C29H34F8N8O2/c1-3-44-21(6-9-39-44)26(47)41-24(16-4-7-27(30,31)8-5-16)20-14-45-23(40-20)12-22(43(2)15-28(32,33)34)19(42-45)11-17-10-18(29(35,36)37)13-38-25(17)46/h6,9,12,14,16-18,24H,3-5,7-8,10-11,13,15H2,1-2H3,(H,38,46)(H,41,47)/t17?,18-,24?/m1/s1. The third-order valence-corrected chi connectivity index (χ3v) is 8.80. The molecule has 4 heterocycles. The fourth-order valence-electron chi connectivity index (χ4n) is 6.33. The number of imidazole rings is 1. The van der Waals surface area contributed by atoms with E-state index in [0.29, 0.717) is 6.54 Å². The van der Waals surface area contributed by atoms with Crippen LogP contribution >= 0.6 is 0 Å². The molecule has 0 aromatic carbocycles. The lowest BCUT2D eigenvalue weighted by Gasteiger charge is -2.33. The minimum Gasteiger partial charge on any atom is -0.364 e. The second kappa shape index (κ2) is 12.9. The number of piperidine rings is 1. The average Bonchev–Trinajstić information content (AvgIpc) is 3.62. The van der Waals surface area contributed by atoms with E-state index in [-0.39, 0.29) is 41.3 Å². The van der Waals surface area contributed by atoms with Gasteiger partial charge in [-0.25, -0.2) is 18.3 Å². The largest absolute Gasteiger partial charge is 0.405 e. The number of alkyl halides is 8. The zero-order chi connectivity index (χ0) is 34.3. The third kappa shape index (κ3) is 7.94. The molecule has 18 heteroatoms. The molecular weight excluding hydrogens is 644 g/mol. The molecule has 47 heavy (non-hydrogen) atoms. The predicted molar refractivity (Wildman–Crippen MR) is 152 cm³/mol. The van der Waals surface area contributed by atoms with Gasteiger partial charge < -0.3 is 15.5 Å². The molecule has 2 fully saturated rings. The Morgan fingerprint density at radius 1 is 1.19 bits per heavy atom. The lowest BCUT2D eigenvalue weighted by molar-refractivity contribution is -0.183. The Labute approximate surface area is 263 Å². The summed E-state index contributed by atoms with van der Waals surface area (Å²) in [5, 5.41) is 13.6. The minimum atomic E-state index is -4.65. The van der Waals surface area contributed by atoms with E-state index in [4.69, 9.17) is 0 Å². The van der Waals surface area contributed by atoms with Crippen LogP contribution in [0, 0.1) is 17.8 Å². The number of anilines is 1. The Morgan fingerprint density at radius 2 is 1.89 bits per heavy atom. The highest BCUT2D eigenvalue weighted by Gasteiger charge is 2.45. The molecule has 3 aromatic rings. The third-order valence-electron chi connectivity index (χ3n) is 8.80. The molecule has 5 rings (SSSR count). The van der Waals surface area contributed by atoms with E-state index in [1.807, 2.05) is 0 Å². The monoisotopic (exact) mass is 678 g/mol. The van der Waals surface area contributed by atoms with Crippen LogP contribution in [0.5, 0.6) is 0 Å². The lowest BCUT2D eigenvalue weighted by atomic mass is 9.81. The zero-order valence-electron chi connectivity index (χ0n) is 25.5. The molecule has 1 saturated heterocycles. The van der Waals surface area contributed by atoms with Crippen molar-refractivity contribution >= 4 is 23.1 Å². The van der Waals surface area contributed by atoms with Gasteiger partial charge in [-0.3, -0.25) is 14.3 Å². The van der Waals surface area contributed by atoms with E-state index in [0.717, 1.165) is 11.9 Å². The lowest BCUT2D eigenvalue weighted by Crippen LogP contribution is -2.47. The number of rotatable bonds is 9. The topological polar surface area (TPSA) is 109 Å². The summed E-state index contributed by atoms with van der Waals surface area (Å²) >= 11 is 0. The molecule has 1 aliphatic carbocycles. The molecule has 1 aliphatic heterocycles. The Balaban J connectivity index is 1.53. The number of nitrogens with zero attached hydrogens (tertiary/aromatic N) is 6. The number of aryl methyl sites for hydroxylation is 1. The Hall–Kier alpha value is -3.99. The highest BCUT2D eigenvalue weighted by molar-refractivity contribution is 5.92. The average molecular weight is 679 g/mol. The second-order valence-electron chi connectivity index (χ2n) is 12.2. The van der Waals surface area contributed by atoms with Gasteiger partial charge in [-0.1, -0.05) is 0 Å². The molecule has 3 atom stereocenters. The van der Waals surface area contributed by atoms with E-state index < -0.39 is 92.7 Å². The number of nitrogens with one attached hydrogen (secondary N) is 2. The van der Waals surface area contributed by atoms with Crippen molar-refractivity contribution in [1.82, 2.24) is 35.0 Å². The molecule has 1 saturated carbocycles. The highest BCUT2D eigenvalue weighted by atomic mass is 19.4.